The van der Waals surface area contributed by atoms with Crippen molar-refractivity contribution in [2.45, 2.75) is 50.3 Å². The number of morpholine rings is 1. The molecule has 3 saturated heterocycles. The molecule has 0 radical (unpaired) electrons. The number of hydrogen-bond donors (Lipinski definition) is 1. The predicted molar refractivity (Wildman–Crippen MR) is 75.5 cm³/mol. The van der Waals surface area contributed by atoms with Gasteiger partial charge < -0.3 is 19.7 Å². The van der Waals surface area contributed by atoms with E-state index in [1.807, 2.05) is 4.90 Å². The number of piperidine rings is 1. The van der Waals surface area contributed by atoms with Crippen LogP contribution in [0.15, 0.2) is 0 Å². The van der Waals surface area contributed by atoms with Crippen LogP contribution in [0.3, 0.4) is 0 Å². The summed E-state index contributed by atoms with van der Waals surface area (Å²) < 4.78 is 10.7. The van der Waals surface area contributed by atoms with Gasteiger partial charge in [0, 0.05) is 38.7 Å². The fourth-order valence-corrected chi connectivity index (χ4v) is 3.95. The number of ether oxygens (including phenoxy) is 2. The van der Waals surface area contributed by atoms with Gasteiger partial charge in [0.1, 0.15) is 0 Å². The lowest BCUT2D eigenvalue weighted by molar-refractivity contribution is -0.142. The van der Waals surface area contributed by atoms with Crippen LogP contribution in [0.5, 0.6) is 0 Å². The molecule has 1 N–H and O–H groups in total. The summed E-state index contributed by atoms with van der Waals surface area (Å²) in [5.74, 6) is 0.880. The molecule has 3 aliphatic heterocycles. The summed E-state index contributed by atoms with van der Waals surface area (Å²) in [6.45, 7) is 2.62. The number of hydrogen-bond acceptors (Lipinski definition) is 4. The van der Waals surface area contributed by atoms with E-state index in [-0.39, 0.29) is 6.10 Å². The molecule has 5 heteroatoms. The van der Waals surface area contributed by atoms with Gasteiger partial charge in [0.15, 0.2) is 0 Å². The second-order valence-electron chi connectivity index (χ2n) is 6.47. The minimum atomic E-state index is 0.0434. The molecule has 3 aliphatic rings. The van der Waals surface area contributed by atoms with Crippen molar-refractivity contribution in [2.75, 3.05) is 33.4 Å². The molecule has 3 unspecified atom stereocenters. The minimum absolute atomic E-state index is 0.0434. The zero-order chi connectivity index (χ0) is 13.9. The number of carbonyl (C=O) groups excluding carboxylic acids is 1. The summed E-state index contributed by atoms with van der Waals surface area (Å²) in [6.07, 6.45) is 5.70. The number of carbonyl (C=O) groups is 1. The van der Waals surface area contributed by atoms with Crippen molar-refractivity contribution in [3.63, 3.8) is 0 Å². The first-order chi connectivity index (χ1) is 9.74. The molecule has 0 aromatic carbocycles. The molecule has 3 heterocycles. The van der Waals surface area contributed by atoms with Crippen molar-refractivity contribution >= 4 is 5.91 Å². The zero-order valence-corrected chi connectivity index (χ0v) is 12.3. The van der Waals surface area contributed by atoms with Crippen LogP contribution in [-0.2, 0) is 14.3 Å². The van der Waals surface area contributed by atoms with Gasteiger partial charge in [0.2, 0.25) is 5.91 Å². The molecule has 20 heavy (non-hydrogen) atoms. The molecule has 3 fully saturated rings. The van der Waals surface area contributed by atoms with E-state index in [0.29, 0.717) is 50.1 Å². The number of methoxy groups -OCH3 is 1. The normalized spacial score (nSPS) is 37.1. The van der Waals surface area contributed by atoms with E-state index < -0.39 is 0 Å². The quantitative estimate of drug-likeness (QED) is 0.828. The van der Waals surface area contributed by atoms with Gasteiger partial charge in [-0.1, -0.05) is 0 Å². The third-order valence-electron chi connectivity index (χ3n) is 4.88. The molecular weight excluding hydrogens is 256 g/mol. The second-order valence-corrected chi connectivity index (χ2v) is 6.47. The fourth-order valence-electron chi connectivity index (χ4n) is 3.95. The molecule has 3 atom stereocenters. The van der Waals surface area contributed by atoms with Crippen molar-refractivity contribution in [3.05, 3.63) is 0 Å². The number of amides is 1. The van der Waals surface area contributed by atoms with Gasteiger partial charge in [-0.3, -0.25) is 4.79 Å². The summed E-state index contributed by atoms with van der Waals surface area (Å²) in [5, 5.41) is 3.64. The van der Waals surface area contributed by atoms with Crippen LogP contribution in [0.1, 0.15) is 32.1 Å². The largest absolute Gasteiger partial charge is 0.382 e. The Balaban J connectivity index is 1.48. The number of nitrogens with zero attached hydrogens (tertiary/aromatic N) is 1. The lowest BCUT2D eigenvalue weighted by Gasteiger charge is -2.35. The molecule has 5 nitrogen and oxygen atoms in total. The topological polar surface area (TPSA) is 50.8 Å². The van der Waals surface area contributed by atoms with Crippen molar-refractivity contribution in [1.82, 2.24) is 10.2 Å². The second kappa shape index (κ2) is 6.41. The predicted octanol–water partition coefficient (Wildman–Crippen LogP) is 0.781. The molecule has 0 spiro atoms. The van der Waals surface area contributed by atoms with E-state index >= 15 is 0 Å². The van der Waals surface area contributed by atoms with Crippen LogP contribution in [0.4, 0.5) is 0 Å². The van der Waals surface area contributed by atoms with Crippen LogP contribution in [0.2, 0.25) is 0 Å². The van der Waals surface area contributed by atoms with Crippen molar-refractivity contribution in [3.8, 4) is 0 Å². The summed E-state index contributed by atoms with van der Waals surface area (Å²) in [7, 11) is 1.68. The van der Waals surface area contributed by atoms with E-state index in [1.54, 1.807) is 7.11 Å². The highest BCUT2D eigenvalue weighted by molar-refractivity contribution is 5.76. The third-order valence-corrected chi connectivity index (χ3v) is 4.88. The monoisotopic (exact) mass is 282 g/mol. The molecule has 0 aromatic heterocycles. The number of fused-ring (bicyclic) bond motifs is 2. The van der Waals surface area contributed by atoms with E-state index in [2.05, 4.69) is 5.32 Å². The molecular formula is C15H26N2O3. The smallest absolute Gasteiger partial charge is 0.223 e. The maximum atomic E-state index is 12.5. The highest BCUT2D eigenvalue weighted by Crippen LogP contribution is 2.33. The summed E-state index contributed by atoms with van der Waals surface area (Å²) >= 11 is 0. The summed E-state index contributed by atoms with van der Waals surface area (Å²) in [5.41, 5.74) is 0. The van der Waals surface area contributed by atoms with Crippen LogP contribution in [0.25, 0.3) is 0 Å². The van der Waals surface area contributed by atoms with E-state index in [1.165, 1.54) is 25.7 Å². The first-order valence-corrected chi connectivity index (χ1v) is 7.89. The average Bonchev–Trinajstić information content (AvgIpc) is 2.79. The van der Waals surface area contributed by atoms with Gasteiger partial charge in [0.25, 0.3) is 0 Å². The lowest BCUT2D eigenvalue weighted by Crippen LogP contribution is -2.48. The minimum Gasteiger partial charge on any atom is -0.382 e. The Kier molecular flexibility index (Phi) is 4.58. The van der Waals surface area contributed by atoms with Crippen LogP contribution >= 0.6 is 0 Å². The molecule has 114 valence electrons. The first kappa shape index (κ1) is 14.3. The summed E-state index contributed by atoms with van der Waals surface area (Å²) in [6, 6.07) is 1.33. The average molecular weight is 282 g/mol. The number of rotatable bonds is 4. The van der Waals surface area contributed by atoms with Crippen LogP contribution in [0, 0.1) is 5.92 Å². The zero-order valence-electron chi connectivity index (χ0n) is 12.3. The van der Waals surface area contributed by atoms with E-state index in [4.69, 9.17) is 9.47 Å². The Bertz CT molecular complexity index is 336. The molecule has 0 saturated carbocycles. The van der Waals surface area contributed by atoms with E-state index in [0.717, 1.165) is 6.54 Å². The fraction of sp³-hybridized carbons (Fsp3) is 0.933. The van der Waals surface area contributed by atoms with Gasteiger partial charge in [-0.25, -0.2) is 0 Å². The van der Waals surface area contributed by atoms with Crippen molar-refractivity contribution in [2.24, 2.45) is 5.92 Å². The van der Waals surface area contributed by atoms with Gasteiger partial charge in [-0.2, -0.15) is 0 Å². The van der Waals surface area contributed by atoms with Gasteiger partial charge in [-0.05, 0) is 31.6 Å². The van der Waals surface area contributed by atoms with E-state index in [9.17, 15) is 4.79 Å². The maximum Gasteiger partial charge on any atom is 0.223 e. The highest BCUT2D eigenvalue weighted by Gasteiger charge is 2.35. The maximum absolute atomic E-state index is 12.5. The third kappa shape index (κ3) is 3.32. The van der Waals surface area contributed by atoms with Gasteiger partial charge >= 0.3 is 0 Å². The van der Waals surface area contributed by atoms with Gasteiger partial charge in [0.05, 0.1) is 19.3 Å². The Morgan fingerprint density at radius 3 is 2.80 bits per heavy atom. The van der Waals surface area contributed by atoms with Crippen molar-refractivity contribution < 1.29 is 14.3 Å². The molecule has 0 aliphatic carbocycles. The lowest BCUT2D eigenvalue weighted by atomic mass is 9.89. The SMILES string of the molecule is COCC1CN(C(=O)CC2CC3CCC(C2)N3)CCO1. The highest BCUT2D eigenvalue weighted by atomic mass is 16.5. The molecule has 1 amide bonds. The first-order valence-electron chi connectivity index (χ1n) is 7.89. The molecule has 2 bridgehead atoms. The molecule has 3 rings (SSSR count). The molecule has 0 aromatic rings. The number of nitrogens with one attached hydrogen (secondary N) is 1. The van der Waals surface area contributed by atoms with Crippen molar-refractivity contribution in [1.29, 1.82) is 0 Å². The Hall–Kier alpha value is -0.650. The van der Waals surface area contributed by atoms with Gasteiger partial charge in [-0.15, -0.1) is 0 Å². The Morgan fingerprint density at radius 1 is 1.35 bits per heavy atom. The van der Waals surface area contributed by atoms with Crippen LogP contribution in [-0.4, -0.2) is 62.4 Å². The Morgan fingerprint density at radius 2 is 2.10 bits per heavy atom. The Labute approximate surface area is 121 Å². The summed E-state index contributed by atoms with van der Waals surface area (Å²) in [4.78, 5) is 14.4. The standard InChI is InChI=1S/C15H26N2O3/c1-19-10-14-9-17(4-5-20-14)15(18)8-11-6-12-2-3-13(7-11)16-12/h11-14,16H,2-10H2,1H3. The van der Waals surface area contributed by atoms with Crippen LogP contribution < -0.4 is 5.32 Å².